The van der Waals surface area contributed by atoms with Gasteiger partial charge in [0.2, 0.25) is 0 Å². The standard InChI is InChI=1S/C20H21NO3/c22-13-17-11-18(12-19(17)16-9-5-2-6-10-16)21-20(23)24-14-15-7-3-1-4-8-15/h1-10,13,17-19H,11-12,14H2,(H,21,23). The topological polar surface area (TPSA) is 55.4 Å². The Morgan fingerprint density at radius 1 is 1.04 bits per heavy atom. The van der Waals surface area contributed by atoms with Crippen molar-refractivity contribution in [1.82, 2.24) is 5.32 Å². The smallest absolute Gasteiger partial charge is 0.407 e. The Kier molecular flexibility index (Phi) is 5.26. The second-order valence-electron chi connectivity index (χ2n) is 6.19. The van der Waals surface area contributed by atoms with Crippen molar-refractivity contribution in [2.75, 3.05) is 0 Å². The molecule has 0 spiro atoms. The van der Waals surface area contributed by atoms with Crippen molar-refractivity contribution < 1.29 is 14.3 Å². The summed E-state index contributed by atoms with van der Waals surface area (Å²) < 4.78 is 5.26. The molecule has 2 aromatic carbocycles. The summed E-state index contributed by atoms with van der Waals surface area (Å²) in [7, 11) is 0. The Bertz CT molecular complexity index is 672. The molecule has 3 atom stereocenters. The predicted octanol–water partition coefficient (Wildman–Crippen LogP) is 3.67. The first kappa shape index (κ1) is 16.2. The molecule has 124 valence electrons. The number of ether oxygens (including phenoxy) is 1. The van der Waals surface area contributed by atoms with Gasteiger partial charge in [0, 0.05) is 12.0 Å². The summed E-state index contributed by atoms with van der Waals surface area (Å²) in [6.45, 7) is 0.249. The first-order chi connectivity index (χ1) is 11.8. The Hall–Kier alpha value is -2.62. The molecule has 4 nitrogen and oxygen atoms in total. The molecule has 1 N–H and O–H groups in total. The fraction of sp³-hybridized carbons (Fsp3) is 0.300. The lowest BCUT2D eigenvalue weighted by Gasteiger charge is -2.14. The molecule has 3 unspecified atom stereocenters. The Morgan fingerprint density at radius 2 is 1.71 bits per heavy atom. The van der Waals surface area contributed by atoms with Gasteiger partial charge in [-0.2, -0.15) is 0 Å². The van der Waals surface area contributed by atoms with Crippen molar-refractivity contribution in [2.24, 2.45) is 5.92 Å². The van der Waals surface area contributed by atoms with E-state index in [1.165, 1.54) is 0 Å². The summed E-state index contributed by atoms with van der Waals surface area (Å²) in [6.07, 6.45) is 1.99. The molecule has 0 aliphatic heterocycles. The van der Waals surface area contributed by atoms with Crippen molar-refractivity contribution in [1.29, 1.82) is 0 Å². The van der Waals surface area contributed by atoms with Crippen LogP contribution in [0.5, 0.6) is 0 Å². The molecule has 1 amide bonds. The average Bonchev–Trinajstić information content (AvgIpc) is 3.04. The Balaban J connectivity index is 1.54. The van der Waals surface area contributed by atoms with Crippen LogP contribution in [0.25, 0.3) is 0 Å². The Labute approximate surface area is 141 Å². The average molecular weight is 323 g/mol. The molecular weight excluding hydrogens is 302 g/mol. The van der Waals surface area contributed by atoms with Crippen LogP contribution in [-0.2, 0) is 16.1 Å². The molecule has 0 heterocycles. The fourth-order valence-electron chi connectivity index (χ4n) is 3.35. The molecule has 4 heteroatoms. The van der Waals surface area contributed by atoms with Gasteiger partial charge in [0.1, 0.15) is 12.9 Å². The number of benzene rings is 2. The number of carbonyl (C=O) groups excluding carboxylic acids is 2. The number of hydrogen-bond acceptors (Lipinski definition) is 3. The molecule has 2 aromatic rings. The number of nitrogens with one attached hydrogen (secondary N) is 1. The maximum absolute atomic E-state index is 12.0. The lowest BCUT2D eigenvalue weighted by atomic mass is 9.90. The van der Waals surface area contributed by atoms with E-state index in [2.05, 4.69) is 5.32 Å². The van der Waals surface area contributed by atoms with Gasteiger partial charge in [-0.1, -0.05) is 60.7 Å². The highest BCUT2D eigenvalue weighted by molar-refractivity contribution is 5.68. The second kappa shape index (κ2) is 7.77. The van der Waals surface area contributed by atoms with Crippen LogP contribution in [0.4, 0.5) is 4.79 Å². The minimum absolute atomic E-state index is 0.0336. The van der Waals surface area contributed by atoms with Gasteiger partial charge >= 0.3 is 6.09 Å². The molecule has 3 rings (SSSR count). The third kappa shape index (κ3) is 4.02. The summed E-state index contributed by atoms with van der Waals surface area (Å²) in [5.74, 6) is 0.0925. The van der Waals surface area contributed by atoms with Gasteiger partial charge in [-0.25, -0.2) is 4.79 Å². The molecule has 0 saturated heterocycles. The number of rotatable bonds is 5. The van der Waals surface area contributed by atoms with E-state index in [0.29, 0.717) is 6.42 Å². The zero-order valence-corrected chi connectivity index (χ0v) is 13.4. The van der Waals surface area contributed by atoms with Crippen LogP contribution in [0.2, 0.25) is 0 Å². The van der Waals surface area contributed by atoms with Crippen molar-refractivity contribution in [3.05, 3.63) is 71.8 Å². The van der Waals surface area contributed by atoms with E-state index in [1.54, 1.807) is 0 Å². The van der Waals surface area contributed by atoms with E-state index in [-0.39, 0.29) is 24.5 Å². The second-order valence-corrected chi connectivity index (χ2v) is 6.19. The first-order valence-corrected chi connectivity index (χ1v) is 8.23. The van der Waals surface area contributed by atoms with Gasteiger partial charge < -0.3 is 14.8 Å². The van der Waals surface area contributed by atoms with Crippen molar-refractivity contribution in [3.63, 3.8) is 0 Å². The number of alkyl carbamates (subject to hydrolysis) is 1. The molecule has 1 saturated carbocycles. The van der Waals surface area contributed by atoms with Crippen LogP contribution in [0.1, 0.15) is 29.9 Å². The molecule has 24 heavy (non-hydrogen) atoms. The lowest BCUT2D eigenvalue weighted by Crippen LogP contribution is -2.33. The van der Waals surface area contributed by atoms with E-state index >= 15 is 0 Å². The molecule has 0 bridgehead atoms. The van der Waals surface area contributed by atoms with Crippen molar-refractivity contribution in [3.8, 4) is 0 Å². The summed E-state index contributed by atoms with van der Waals surface area (Å²) in [5.41, 5.74) is 2.10. The van der Waals surface area contributed by atoms with Crippen LogP contribution in [0.15, 0.2) is 60.7 Å². The number of carbonyl (C=O) groups is 2. The third-order valence-corrected chi connectivity index (χ3v) is 4.55. The maximum Gasteiger partial charge on any atom is 0.407 e. The molecule has 1 aliphatic carbocycles. The maximum atomic E-state index is 12.0. The molecular formula is C20H21NO3. The highest BCUT2D eigenvalue weighted by Gasteiger charge is 2.35. The van der Waals surface area contributed by atoms with Crippen molar-refractivity contribution in [2.45, 2.75) is 31.4 Å². The zero-order chi connectivity index (χ0) is 16.8. The van der Waals surface area contributed by atoms with Gasteiger partial charge in [0.05, 0.1) is 0 Å². The van der Waals surface area contributed by atoms with Gasteiger partial charge in [0.15, 0.2) is 0 Å². The SMILES string of the molecule is O=CC1CC(NC(=O)OCc2ccccc2)CC1c1ccccc1. The van der Waals surface area contributed by atoms with Crippen LogP contribution < -0.4 is 5.32 Å². The van der Waals surface area contributed by atoms with Crippen LogP contribution in [0, 0.1) is 5.92 Å². The number of hydrogen-bond donors (Lipinski definition) is 1. The summed E-state index contributed by atoms with van der Waals surface area (Å²) >= 11 is 0. The van der Waals surface area contributed by atoms with Crippen LogP contribution >= 0.6 is 0 Å². The third-order valence-electron chi connectivity index (χ3n) is 4.55. The molecule has 0 aromatic heterocycles. The van der Waals surface area contributed by atoms with Gasteiger partial charge in [-0.3, -0.25) is 0 Å². The summed E-state index contributed by atoms with van der Waals surface area (Å²) in [6, 6.07) is 19.5. The van der Waals surface area contributed by atoms with Gasteiger partial charge in [-0.05, 0) is 29.9 Å². The lowest BCUT2D eigenvalue weighted by molar-refractivity contribution is -0.111. The molecule has 1 aliphatic rings. The fourth-order valence-corrected chi connectivity index (χ4v) is 3.35. The van der Waals surface area contributed by atoms with E-state index in [9.17, 15) is 9.59 Å². The van der Waals surface area contributed by atoms with E-state index in [1.807, 2.05) is 60.7 Å². The van der Waals surface area contributed by atoms with Crippen LogP contribution in [0.3, 0.4) is 0 Å². The summed E-state index contributed by atoms with van der Waals surface area (Å²) in [4.78, 5) is 23.4. The van der Waals surface area contributed by atoms with E-state index < -0.39 is 6.09 Å². The minimum atomic E-state index is -0.429. The number of amides is 1. The Morgan fingerprint density at radius 3 is 2.38 bits per heavy atom. The monoisotopic (exact) mass is 323 g/mol. The first-order valence-electron chi connectivity index (χ1n) is 8.23. The van der Waals surface area contributed by atoms with E-state index in [4.69, 9.17) is 4.74 Å². The quantitative estimate of drug-likeness (QED) is 0.854. The molecule has 1 fully saturated rings. The van der Waals surface area contributed by atoms with Gasteiger partial charge in [-0.15, -0.1) is 0 Å². The highest BCUT2D eigenvalue weighted by atomic mass is 16.5. The van der Waals surface area contributed by atoms with Gasteiger partial charge in [0.25, 0.3) is 0 Å². The largest absolute Gasteiger partial charge is 0.445 e. The van der Waals surface area contributed by atoms with Crippen LogP contribution in [-0.4, -0.2) is 18.4 Å². The minimum Gasteiger partial charge on any atom is -0.445 e. The predicted molar refractivity (Wildman–Crippen MR) is 91.5 cm³/mol. The van der Waals surface area contributed by atoms with Crippen molar-refractivity contribution >= 4 is 12.4 Å². The molecule has 0 radical (unpaired) electrons. The highest BCUT2D eigenvalue weighted by Crippen LogP contribution is 2.38. The normalized spacial score (nSPS) is 22.8. The van der Waals surface area contributed by atoms with E-state index in [0.717, 1.165) is 23.8 Å². The zero-order valence-electron chi connectivity index (χ0n) is 13.4. The number of aldehydes is 1. The summed E-state index contributed by atoms with van der Waals surface area (Å²) in [5, 5.41) is 2.89.